The van der Waals surface area contributed by atoms with Gasteiger partial charge >= 0.3 is 7.60 Å². The van der Waals surface area contributed by atoms with Crippen LogP contribution in [0.4, 0.5) is 0 Å². The van der Waals surface area contributed by atoms with Crippen molar-refractivity contribution in [1.29, 1.82) is 0 Å². The highest BCUT2D eigenvalue weighted by atomic mass is 32.2. The van der Waals surface area contributed by atoms with Gasteiger partial charge in [0.15, 0.2) is 0 Å². The van der Waals surface area contributed by atoms with Crippen LogP contribution in [-0.4, -0.2) is 30.9 Å². The highest BCUT2D eigenvalue weighted by molar-refractivity contribution is 7.99. The maximum Gasteiger partial charge on any atom is 0.330 e. The van der Waals surface area contributed by atoms with Gasteiger partial charge in [-0.05, 0) is 12.2 Å². The summed E-state index contributed by atoms with van der Waals surface area (Å²) in [5, 5.41) is 0. The largest absolute Gasteiger partial charge is 0.330 e. The highest BCUT2D eigenvalue weighted by Crippen LogP contribution is 2.47. The molecule has 5 heteroatoms. The van der Waals surface area contributed by atoms with Crippen LogP contribution in [0.2, 0.25) is 0 Å². The maximum atomic E-state index is 12.0. The van der Waals surface area contributed by atoms with E-state index in [9.17, 15) is 4.57 Å². The number of rotatable bonds is 10. The van der Waals surface area contributed by atoms with E-state index in [1.165, 1.54) is 0 Å². The fraction of sp³-hybridized carbons (Fsp3) is 1.00. The smallest absolute Gasteiger partial charge is 0.309 e. The van der Waals surface area contributed by atoms with E-state index in [1.807, 2.05) is 6.92 Å². The van der Waals surface area contributed by atoms with E-state index < -0.39 is 7.60 Å². The number of hydrogen-bond donors (Lipinski definition) is 0. The third-order valence-electron chi connectivity index (χ3n) is 1.89. The average Bonchev–Trinajstić information content (AvgIpc) is 2.25. The SMILES string of the molecule is CCCCOP(=O)(CC)OCCSCC. The molecule has 0 amide bonds. The fourth-order valence-electron chi connectivity index (χ4n) is 0.947. The van der Waals surface area contributed by atoms with Crippen molar-refractivity contribution in [3.8, 4) is 0 Å². The molecule has 0 spiro atoms. The second-order valence-corrected chi connectivity index (χ2v) is 6.91. The van der Waals surface area contributed by atoms with Gasteiger partial charge in [0.1, 0.15) is 0 Å². The topological polar surface area (TPSA) is 35.5 Å². The molecule has 0 aliphatic heterocycles. The first-order valence-electron chi connectivity index (χ1n) is 5.64. The molecule has 1 atom stereocenters. The van der Waals surface area contributed by atoms with Crippen molar-refractivity contribution in [2.75, 3.05) is 30.9 Å². The molecule has 0 aromatic carbocycles. The third kappa shape index (κ3) is 8.32. The van der Waals surface area contributed by atoms with E-state index in [2.05, 4.69) is 13.8 Å². The lowest BCUT2D eigenvalue weighted by Gasteiger charge is -2.16. The second kappa shape index (κ2) is 9.71. The second-order valence-electron chi connectivity index (χ2n) is 3.14. The van der Waals surface area contributed by atoms with Crippen LogP contribution in [0.5, 0.6) is 0 Å². The van der Waals surface area contributed by atoms with Crippen LogP contribution >= 0.6 is 19.4 Å². The molecule has 0 aliphatic carbocycles. The number of unbranched alkanes of at least 4 members (excludes halogenated alkanes) is 1. The van der Waals surface area contributed by atoms with E-state index in [4.69, 9.17) is 9.05 Å². The van der Waals surface area contributed by atoms with Crippen LogP contribution in [0.3, 0.4) is 0 Å². The van der Waals surface area contributed by atoms with Crippen molar-refractivity contribution in [2.45, 2.75) is 33.6 Å². The molecule has 0 saturated heterocycles. The van der Waals surface area contributed by atoms with Gasteiger partial charge < -0.3 is 9.05 Å². The lowest BCUT2D eigenvalue weighted by molar-refractivity contribution is 0.211. The zero-order chi connectivity index (χ0) is 11.6. The Kier molecular flexibility index (Phi) is 10.0. The Morgan fingerprint density at radius 1 is 1.13 bits per heavy atom. The lowest BCUT2D eigenvalue weighted by atomic mass is 10.4. The Labute approximate surface area is 97.8 Å². The first-order valence-corrected chi connectivity index (χ1v) is 8.52. The first kappa shape index (κ1) is 15.5. The molecule has 0 bridgehead atoms. The van der Waals surface area contributed by atoms with Crippen LogP contribution in [0.1, 0.15) is 33.6 Å². The molecule has 3 nitrogen and oxygen atoms in total. The molecule has 92 valence electrons. The maximum absolute atomic E-state index is 12.0. The summed E-state index contributed by atoms with van der Waals surface area (Å²) in [5.74, 6) is 1.95. The summed E-state index contributed by atoms with van der Waals surface area (Å²) in [7, 11) is -2.78. The summed E-state index contributed by atoms with van der Waals surface area (Å²) in [4.78, 5) is 0. The molecule has 0 radical (unpaired) electrons. The summed E-state index contributed by atoms with van der Waals surface area (Å²) >= 11 is 1.79. The fourth-order valence-corrected chi connectivity index (χ4v) is 2.78. The highest BCUT2D eigenvalue weighted by Gasteiger charge is 2.20. The minimum Gasteiger partial charge on any atom is -0.309 e. The van der Waals surface area contributed by atoms with Gasteiger partial charge in [0.25, 0.3) is 0 Å². The molecule has 0 aliphatic rings. The zero-order valence-electron chi connectivity index (χ0n) is 10.0. The van der Waals surface area contributed by atoms with Crippen LogP contribution < -0.4 is 0 Å². The van der Waals surface area contributed by atoms with Gasteiger partial charge in [0.05, 0.1) is 13.2 Å². The van der Waals surface area contributed by atoms with Gasteiger partial charge in [-0.2, -0.15) is 11.8 Å². The van der Waals surface area contributed by atoms with Crippen LogP contribution in [0.25, 0.3) is 0 Å². The molecule has 0 N–H and O–H groups in total. The molecule has 0 aromatic rings. The van der Waals surface area contributed by atoms with Crippen molar-refractivity contribution in [3.63, 3.8) is 0 Å². The van der Waals surface area contributed by atoms with Gasteiger partial charge in [-0.3, -0.25) is 4.57 Å². The lowest BCUT2D eigenvalue weighted by Crippen LogP contribution is -2.02. The van der Waals surface area contributed by atoms with Gasteiger partial charge in [0.2, 0.25) is 0 Å². The summed E-state index contributed by atoms with van der Waals surface area (Å²) in [6.07, 6.45) is 2.46. The Morgan fingerprint density at radius 3 is 2.33 bits per heavy atom. The van der Waals surface area contributed by atoms with E-state index in [0.717, 1.165) is 24.3 Å². The number of thioether (sulfide) groups is 1. The van der Waals surface area contributed by atoms with Crippen LogP contribution in [0.15, 0.2) is 0 Å². The Hall–Kier alpha value is 0.500. The summed E-state index contributed by atoms with van der Waals surface area (Å²) < 4.78 is 22.6. The normalized spacial score (nSPS) is 15.1. The van der Waals surface area contributed by atoms with E-state index in [1.54, 1.807) is 11.8 Å². The quantitative estimate of drug-likeness (QED) is 0.439. The predicted octanol–water partition coefficient (Wildman–Crippen LogP) is 3.79. The average molecular weight is 254 g/mol. The number of hydrogen-bond acceptors (Lipinski definition) is 4. The van der Waals surface area contributed by atoms with E-state index in [-0.39, 0.29) is 0 Å². The van der Waals surface area contributed by atoms with Crippen molar-refractivity contribution in [2.24, 2.45) is 0 Å². The van der Waals surface area contributed by atoms with Crippen LogP contribution in [0, 0.1) is 0 Å². The Morgan fingerprint density at radius 2 is 1.80 bits per heavy atom. The molecule has 1 unspecified atom stereocenters. The van der Waals surface area contributed by atoms with Gasteiger partial charge in [-0.1, -0.05) is 27.2 Å². The molecule has 0 rings (SSSR count). The standard InChI is InChI=1S/C10H23O3PS/c1-4-7-8-12-14(11,5-2)13-9-10-15-6-3/h4-10H2,1-3H3. The minimum atomic E-state index is -2.78. The molecular formula is C10H23O3PS. The predicted molar refractivity (Wildman–Crippen MR) is 68.0 cm³/mol. The zero-order valence-corrected chi connectivity index (χ0v) is 11.7. The van der Waals surface area contributed by atoms with Crippen molar-refractivity contribution in [1.82, 2.24) is 0 Å². The van der Waals surface area contributed by atoms with Crippen molar-refractivity contribution >= 4 is 19.4 Å². The van der Waals surface area contributed by atoms with Gasteiger partial charge in [0, 0.05) is 11.9 Å². The molecule has 15 heavy (non-hydrogen) atoms. The summed E-state index contributed by atoms with van der Waals surface area (Å²) in [6.45, 7) is 7.10. The first-order chi connectivity index (χ1) is 7.18. The Bertz CT molecular complexity index is 188. The summed E-state index contributed by atoms with van der Waals surface area (Å²) in [6, 6.07) is 0. The van der Waals surface area contributed by atoms with Crippen molar-refractivity contribution < 1.29 is 13.6 Å². The molecule has 0 heterocycles. The van der Waals surface area contributed by atoms with Crippen molar-refractivity contribution in [3.05, 3.63) is 0 Å². The van der Waals surface area contributed by atoms with Gasteiger partial charge in [-0.25, -0.2) is 0 Å². The van der Waals surface area contributed by atoms with E-state index in [0.29, 0.717) is 19.4 Å². The molecule has 0 aromatic heterocycles. The Balaban J connectivity index is 3.70. The van der Waals surface area contributed by atoms with Crippen LogP contribution in [-0.2, 0) is 13.6 Å². The third-order valence-corrected chi connectivity index (χ3v) is 4.68. The summed E-state index contributed by atoms with van der Waals surface area (Å²) in [5.41, 5.74) is 0. The van der Waals surface area contributed by atoms with E-state index >= 15 is 0 Å². The van der Waals surface area contributed by atoms with Gasteiger partial charge in [-0.15, -0.1) is 0 Å². The minimum absolute atomic E-state index is 0.466. The molecule has 0 fully saturated rings. The monoisotopic (exact) mass is 254 g/mol. The molecular weight excluding hydrogens is 231 g/mol. The molecule has 0 saturated carbocycles.